The second-order valence-electron chi connectivity index (χ2n) is 3.81. The lowest BCUT2D eigenvalue weighted by Crippen LogP contribution is -2.32. The Bertz CT molecular complexity index is 379. The molecule has 0 spiro atoms. The normalized spacial score (nSPS) is 10.2. The Morgan fingerprint density at radius 3 is 2.75 bits per heavy atom. The fraction of sp³-hybridized carbons (Fsp3) is 0.417. The largest absolute Gasteiger partial charge is 0.340 e. The van der Waals surface area contributed by atoms with Crippen LogP contribution in [0.1, 0.15) is 15.9 Å². The lowest BCUT2D eigenvalue weighted by molar-refractivity contribution is 0.0797. The Morgan fingerprint density at radius 2 is 2.19 bits per heavy atom. The molecule has 0 aromatic heterocycles. The van der Waals surface area contributed by atoms with E-state index in [4.69, 9.17) is 11.6 Å². The number of halogens is 1. The van der Waals surface area contributed by atoms with Crippen LogP contribution in [-0.4, -0.2) is 38.0 Å². The fourth-order valence-corrected chi connectivity index (χ4v) is 1.70. The maximum atomic E-state index is 12.0. The Hall–Kier alpha value is -1.06. The number of amides is 1. The van der Waals surface area contributed by atoms with Crippen LogP contribution in [0.4, 0.5) is 0 Å². The third-order valence-corrected chi connectivity index (χ3v) is 2.71. The number of hydrogen-bond acceptors (Lipinski definition) is 2. The van der Waals surface area contributed by atoms with E-state index in [0.717, 1.165) is 12.1 Å². The molecule has 88 valence electrons. The van der Waals surface area contributed by atoms with Crippen molar-refractivity contribution in [2.45, 2.75) is 6.92 Å². The van der Waals surface area contributed by atoms with Crippen LogP contribution in [0, 0.1) is 6.92 Å². The monoisotopic (exact) mass is 240 g/mol. The summed E-state index contributed by atoms with van der Waals surface area (Å²) < 4.78 is 0. The molecule has 0 aliphatic carbocycles. The molecule has 0 unspecified atom stereocenters. The minimum absolute atomic E-state index is 0.0414. The van der Waals surface area contributed by atoms with Gasteiger partial charge in [0.05, 0.1) is 10.6 Å². The van der Waals surface area contributed by atoms with Crippen LogP contribution in [0.25, 0.3) is 0 Å². The highest BCUT2D eigenvalue weighted by Crippen LogP contribution is 2.18. The molecule has 1 rings (SSSR count). The summed E-state index contributed by atoms with van der Waals surface area (Å²) in [6, 6.07) is 5.47. The number of rotatable bonds is 4. The summed E-state index contributed by atoms with van der Waals surface area (Å²) in [5.41, 5.74) is 1.62. The molecule has 0 atom stereocenters. The van der Waals surface area contributed by atoms with Crippen molar-refractivity contribution in [1.29, 1.82) is 0 Å². The zero-order valence-corrected chi connectivity index (χ0v) is 10.6. The number of benzene rings is 1. The third-order valence-electron chi connectivity index (χ3n) is 2.40. The zero-order chi connectivity index (χ0) is 12.1. The first-order chi connectivity index (χ1) is 7.56. The molecular weight excluding hydrogens is 224 g/mol. The summed E-state index contributed by atoms with van der Waals surface area (Å²) in [6.45, 7) is 3.39. The Balaban J connectivity index is 2.79. The van der Waals surface area contributed by atoms with Crippen LogP contribution in [0.15, 0.2) is 18.2 Å². The van der Waals surface area contributed by atoms with Crippen LogP contribution in [0.5, 0.6) is 0 Å². The van der Waals surface area contributed by atoms with Crippen molar-refractivity contribution in [3.05, 3.63) is 34.3 Å². The molecule has 4 heteroatoms. The fourth-order valence-electron chi connectivity index (χ4n) is 1.38. The van der Waals surface area contributed by atoms with Crippen molar-refractivity contribution in [3.8, 4) is 0 Å². The van der Waals surface area contributed by atoms with Crippen molar-refractivity contribution in [2.24, 2.45) is 0 Å². The second kappa shape index (κ2) is 5.87. The van der Waals surface area contributed by atoms with Crippen LogP contribution in [-0.2, 0) is 0 Å². The maximum Gasteiger partial charge on any atom is 0.255 e. The smallest absolute Gasteiger partial charge is 0.255 e. The number of carbonyl (C=O) groups excluding carboxylic acids is 1. The van der Waals surface area contributed by atoms with Crippen LogP contribution in [0.2, 0.25) is 5.02 Å². The van der Waals surface area contributed by atoms with Gasteiger partial charge in [-0.15, -0.1) is 0 Å². The molecule has 0 saturated heterocycles. The van der Waals surface area contributed by atoms with Gasteiger partial charge in [0.2, 0.25) is 0 Å². The zero-order valence-electron chi connectivity index (χ0n) is 9.88. The topological polar surface area (TPSA) is 32.3 Å². The molecule has 1 N–H and O–H groups in total. The van der Waals surface area contributed by atoms with E-state index in [9.17, 15) is 4.79 Å². The molecule has 0 radical (unpaired) electrons. The van der Waals surface area contributed by atoms with Crippen molar-refractivity contribution in [1.82, 2.24) is 10.2 Å². The molecule has 3 nitrogen and oxygen atoms in total. The van der Waals surface area contributed by atoms with E-state index in [1.54, 1.807) is 24.1 Å². The molecular formula is C12H17ClN2O. The predicted molar refractivity (Wildman–Crippen MR) is 67.1 cm³/mol. The quantitative estimate of drug-likeness (QED) is 0.873. The number of aryl methyl sites for hydroxylation is 1. The van der Waals surface area contributed by atoms with Gasteiger partial charge in [0.15, 0.2) is 0 Å². The lowest BCUT2D eigenvalue weighted by atomic mass is 10.1. The molecule has 0 fully saturated rings. The summed E-state index contributed by atoms with van der Waals surface area (Å²) in [7, 11) is 3.63. The van der Waals surface area contributed by atoms with Crippen LogP contribution in [0.3, 0.4) is 0 Å². The minimum atomic E-state index is -0.0414. The molecule has 1 aromatic rings. The predicted octanol–water partition coefficient (Wildman–Crippen LogP) is 1.94. The first-order valence-electron chi connectivity index (χ1n) is 5.22. The third kappa shape index (κ3) is 3.22. The highest BCUT2D eigenvalue weighted by molar-refractivity contribution is 6.33. The van der Waals surface area contributed by atoms with E-state index in [0.29, 0.717) is 17.1 Å². The van der Waals surface area contributed by atoms with Gasteiger partial charge in [0, 0.05) is 20.1 Å². The summed E-state index contributed by atoms with van der Waals surface area (Å²) in [5, 5.41) is 3.52. The van der Waals surface area contributed by atoms with Crippen molar-refractivity contribution >= 4 is 17.5 Å². The summed E-state index contributed by atoms with van der Waals surface area (Å²) in [5.74, 6) is -0.0414. The van der Waals surface area contributed by atoms with Gasteiger partial charge in [-0.1, -0.05) is 17.7 Å². The molecule has 0 saturated carbocycles. The summed E-state index contributed by atoms with van der Waals surface area (Å²) >= 11 is 6.04. The Morgan fingerprint density at radius 1 is 1.50 bits per heavy atom. The lowest BCUT2D eigenvalue weighted by Gasteiger charge is -2.17. The highest BCUT2D eigenvalue weighted by Gasteiger charge is 2.14. The minimum Gasteiger partial charge on any atom is -0.340 e. The van der Waals surface area contributed by atoms with Gasteiger partial charge in [0.25, 0.3) is 5.91 Å². The van der Waals surface area contributed by atoms with Crippen LogP contribution < -0.4 is 5.32 Å². The molecule has 16 heavy (non-hydrogen) atoms. The Kier molecular flexibility index (Phi) is 4.77. The number of hydrogen-bond donors (Lipinski definition) is 1. The van der Waals surface area contributed by atoms with Gasteiger partial charge in [-0.05, 0) is 31.7 Å². The van der Waals surface area contributed by atoms with Gasteiger partial charge in [-0.2, -0.15) is 0 Å². The second-order valence-corrected chi connectivity index (χ2v) is 4.22. The number of carbonyl (C=O) groups is 1. The molecule has 1 aromatic carbocycles. The van der Waals surface area contributed by atoms with E-state index in [1.165, 1.54) is 0 Å². The average molecular weight is 241 g/mol. The molecule has 0 aliphatic rings. The van der Waals surface area contributed by atoms with E-state index in [1.807, 2.05) is 20.0 Å². The van der Waals surface area contributed by atoms with Crippen LogP contribution >= 0.6 is 11.6 Å². The van der Waals surface area contributed by atoms with E-state index in [-0.39, 0.29) is 5.91 Å². The first-order valence-corrected chi connectivity index (χ1v) is 5.60. The molecule has 1 amide bonds. The molecule has 0 aliphatic heterocycles. The highest BCUT2D eigenvalue weighted by atomic mass is 35.5. The maximum absolute atomic E-state index is 12.0. The molecule has 0 heterocycles. The van der Waals surface area contributed by atoms with Gasteiger partial charge in [-0.25, -0.2) is 0 Å². The summed E-state index contributed by atoms with van der Waals surface area (Å²) in [6.07, 6.45) is 0. The van der Waals surface area contributed by atoms with E-state index < -0.39 is 0 Å². The number of nitrogens with one attached hydrogen (secondary N) is 1. The Labute approximate surface area is 101 Å². The van der Waals surface area contributed by atoms with Gasteiger partial charge in [-0.3, -0.25) is 4.79 Å². The van der Waals surface area contributed by atoms with Crippen molar-refractivity contribution < 1.29 is 4.79 Å². The molecule has 0 bridgehead atoms. The van der Waals surface area contributed by atoms with Gasteiger partial charge in [0.1, 0.15) is 0 Å². The van der Waals surface area contributed by atoms with E-state index in [2.05, 4.69) is 5.32 Å². The average Bonchev–Trinajstić information content (AvgIpc) is 2.25. The summed E-state index contributed by atoms with van der Waals surface area (Å²) in [4.78, 5) is 13.7. The van der Waals surface area contributed by atoms with Gasteiger partial charge >= 0.3 is 0 Å². The number of likely N-dealkylation sites (N-methyl/N-ethyl adjacent to an activating group) is 2. The van der Waals surface area contributed by atoms with Gasteiger partial charge < -0.3 is 10.2 Å². The van der Waals surface area contributed by atoms with E-state index >= 15 is 0 Å². The SMILES string of the molecule is CNCCN(C)C(=O)c1ccc(C)cc1Cl. The number of nitrogens with zero attached hydrogens (tertiary/aromatic N) is 1. The first kappa shape index (κ1) is 13.0. The standard InChI is InChI=1S/C12H17ClN2O/c1-9-4-5-10(11(13)8-9)12(16)15(3)7-6-14-2/h4-5,8,14H,6-7H2,1-3H3. The van der Waals surface area contributed by atoms with Crippen molar-refractivity contribution in [2.75, 3.05) is 27.2 Å². The van der Waals surface area contributed by atoms with Crippen molar-refractivity contribution in [3.63, 3.8) is 0 Å².